The van der Waals surface area contributed by atoms with Crippen LogP contribution in [0.3, 0.4) is 0 Å². The molecule has 0 fully saturated rings. The Hall–Kier alpha value is -3.64. The molecule has 0 unspecified atom stereocenters. The molecule has 166 valence electrons. The Labute approximate surface area is 188 Å². The van der Waals surface area contributed by atoms with Gasteiger partial charge in [-0.2, -0.15) is 0 Å². The highest BCUT2D eigenvalue weighted by Crippen LogP contribution is 2.35. The topological polar surface area (TPSA) is 87.7 Å². The first kappa shape index (κ1) is 23.0. The number of carbonyl (C=O) groups is 2. The molecule has 0 aliphatic carbocycles. The monoisotopic (exact) mass is 432 g/mol. The van der Waals surface area contributed by atoms with E-state index in [0.717, 1.165) is 16.7 Å². The maximum Gasteiger partial charge on any atom is 0.407 e. The predicted octanol–water partition coefficient (Wildman–Crippen LogP) is 3.40. The van der Waals surface area contributed by atoms with Crippen LogP contribution in [0, 0.1) is 0 Å². The minimum atomic E-state index is -0.656. The van der Waals surface area contributed by atoms with E-state index in [1.165, 1.54) is 0 Å². The lowest BCUT2D eigenvalue weighted by atomic mass is 9.72. The summed E-state index contributed by atoms with van der Waals surface area (Å²) in [6.07, 6.45) is -0.217. The van der Waals surface area contributed by atoms with Gasteiger partial charge in [0.2, 0.25) is 5.91 Å². The average Bonchev–Trinajstić information content (AvgIpc) is 2.85. The molecule has 2 amide bonds. The lowest BCUT2D eigenvalue weighted by Gasteiger charge is -2.35. The Morgan fingerprint density at radius 3 is 1.84 bits per heavy atom. The number of hydrogen-bond donors (Lipinski definition) is 3. The van der Waals surface area contributed by atoms with Gasteiger partial charge in [-0.15, -0.1) is 0 Å². The van der Waals surface area contributed by atoms with Gasteiger partial charge in [0.15, 0.2) is 0 Å². The normalized spacial score (nSPS) is 10.9. The van der Waals surface area contributed by atoms with Crippen LogP contribution in [0.4, 0.5) is 4.79 Å². The van der Waals surface area contributed by atoms with Crippen molar-refractivity contribution < 1.29 is 19.4 Å². The van der Waals surface area contributed by atoms with Crippen molar-refractivity contribution in [3.05, 3.63) is 108 Å². The molecule has 0 radical (unpaired) electrons. The molecule has 0 saturated heterocycles. The van der Waals surface area contributed by atoms with Crippen molar-refractivity contribution in [1.29, 1.82) is 0 Å². The molecule has 3 aromatic rings. The van der Waals surface area contributed by atoms with E-state index in [1.807, 2.05) is 91.0 Å². The van der Waals surface area contributed by atoms with Crippen LogP contribution in [0.2, 0.25) is 0 Å². The third-order valence-electron chi connectivity index (χ3n) is 5.38. The van der Waals surface area contributed by atoms with Crippen LogP contribution in [0.25, 0.3) is 0 Å². The molecule has 0 aliphatic rings. The number of amides is 2. The van der Waals surface area contributed by atoms with E-state index in [1.54, 1.807) is 0 Å². The summed E-state index contributed by atoms with van der Waals surface area (Å²) in [7, 11) is 0. The fraction of sp³-hybridized carbons (Fsp3) is 0.231. The Balaban J connectivity index is 1.62. The molecule has 0 heterocycles. The van der Waals surface area contributed by atoms with Crippen molar-refractivity contribution in [2.45, 2.75) is 18.4 Å². The van der Waals surface area contributed by atoms with Gasteiger partial charge < -0.3 is 20.5 Å². The van der Waals surface area contributed by atoms with Crippen LogP contribution in [0.5, 0.6) is 0 Å². The van der Waals surface area contributed by atoms with Gasteiger partial charge in [0.25, 0.3) is 0 Å². The number of benzene rings is 3. The van der Waals surface area contributed by atoms with E-state index >= 15 is 0 Å². The Kier molecular flexibility index (Phi) is 8.40. The van der Waals surface area contributed by atoms with Crippen molar-refractivity contribution >= 4 is 12.0 Å². The summed E-state index contributed by atoms with van der Waals surface area (Å²) in [4.78, 5) is 24.4. The standard InChI is InChI=1S/C26H28N2O4/c29-17-16-26(22-12-6-2-7-13-22,23-14-8-3-9-15-23)20-28-24(30)18-27-25(31)32-19-21-10-4-1-5-11-21/h1-15,29H,16-20H2,(H,27,31)(H,28,30). The summed E-state index contributed by atoms with van der Waals surface area (Å²) in [5, 5.41) is 15.2. The Bertz CT molecular complexity index is 939. The average molecular weight is 433 g/mol. The predicted molar refractivity (Wildman–Crippen MR) is 123 cm³/mol. The summed E-state index contributed by atoms with van der Waals surface area (Å²) in [6.45, 7) is 0.174. The number of nitrogens with one attached hydrogen (secondary N) is 2. The third kappa shape index (κ3) is 6.18. The van der Waals surface area contributed by atoms with Crippen LogP contribution in [-0.4, -0.2) is 36.8 Å². The third-order valence-corrected chi connectivity index (χ3v) is 5.38. The van der Waals surface area contributed by atoms with Crippen LogP contribution in [0.1, 0.15) is 23.1 Å². The molecule has 0 bridgehead atoms. The largest absolute Gasteiger partial charge is 0.445 e. The van der Waals surface area contributed by atoms with E-state index in [4.69, 9.17) is 4.74 Å². The lowest BCUT2D eigenvalue weighted by Crippen LogP contribution is -2.45. The number of aliphatic hydroxyl groups excluding tert-OH is 1. The van der Waals surface area contributed by atoms with Gasteiger partial charge in [-0.1, -0.05) is 91.0 Å². The number of rotatable bonds is 10. The zero-order valence-electron chi connectivity index (χ0n) is 17.9. The van der Waals surface area contributed by atoms with Crippen LogP contribution in [0.15, 0.2) is 91.0 Å². The smallest absolute Gasteiger partial charge is 0.407 e. The minimum Gasteiger partial charge on any atom is -0.445 e. The van der Waals surface area contributed by atoms with E-state index in [9.17, 15) is 14.7 Å². The zero-order chi connectivity index (χ0) is 22.7. The maximum absolute atomic E-state index is 12.5. The van der Waals surface area contributed by atoms with E-state index in [-0.39, 0.29) is 32.2 Å². The second-order valence-electron chi connectivity index (χ2n) is 7.48. The molecular formula is C26H28N2O4. The van der Waals surface area contributed by atoms with E-state index in [2.05, 4.69) is 10.6 Å². The van der Waals surface area contributed by atoms with Gasteiger partial charge in [-0.3, -0.25) is 4.79 Å². The van der Waals surface area contributed by atoms with Gasteiger partial charge in [0, 0.05) is 18.6 Å². The summed E-state index contributed by atoms with van der Waals surface area (Å²) in [6, 6.07) is 28.9. The fourth-order valence-electron chi connectivity index (χ4n) is 3.69. The summed E-state index contributed by atoms with van der Waals surface area (Å²) in [5.74, 6) is -0.337. The highest BCUT2D eigenvalue weighted by molar-refractivity contribution is 5.82. The number of carbonyl (C=O) groups excluding carboxylic acids is 2. The van der Waals surface area contributed by atoms with Gasteiger partial charge >= 0.3 is 6.09 Å². The molecule has 0 spiro atoms. The fourth-order valence-corrected chi connectivity index (χ4v) is 3.69. The van der Waals surface area contributed by atoms with Crippen LogP contribution >= 0.6 is 0 Å². The molecule has 0 aromatic heterocycles. The number of aliphatic hydroxyl groups is 1. The molecule has 3 aromatic carbocycles. The molecule has 3 rings (SSSR count). The highest BCUT2D eigenvalue weighted by Gasteiger charge is 2.34. The molecule has 3 N–H and O–H groups in total. The van der Waals surface area contributed by atoms with Crippen molar-refractivity contribution in [2.24, 2.45) is 0 Å². The SMILES string of the molecule is O=C(CNC(=O)OCc1ccccc1)NCC(CCO)(c1ccccc1)c1ccccc1. The van der Waals surface area contributed by atoms with Crippen molar-refractivity contribution in [3.8, 4) is 0 Å². The molecule has 0 saturated carbocycles. The first-order valence-corrected chi connectivity index (χ1v) is 10.6. The Morgan fingerprint density at radius 2 is 1.31 bits per heavy atom. The maximum atomic E-state index is 12.5. The first-order valence-electron chi connectivity index (χ1n) is 10.6. The summed E-state index contributed by atoms with van der Waals surface area (Å²) in [5.41, 5.74) is 2.26. The molecule has 32 heavy (non-hydrogen) atoms. The molecule has 0 aliphatic heterocycles. The zero-order valence-corrected chi connectivity index (χ0v) is 17.9. The molecule has 0 atom stereocenters. The molecule has 6 heteroatoms. The molecule has 6 nitrogen and oxygen atoms in total. The van der Waals surface area contributed by atoms with Crippen LogP contribution in [-0.2, 0) is 21.6 Å². The second kappa shape index (κ2) is 11.7. The lowest BCUT2D eigenvalue weighted by molar-refractivity contribution is -0.120. The minimum absolute atomic E-state index is 0.0380. The second-order valence-corrected chi connectivity index (χ2v) is 7.48. The van der Waals surface area contributed by atoms with Gasteiger partial charge in [0.1, 0.15) is 6.61 Å². The number of alkyl carbamates (subject to hydrolysis) is 1. The van der Waals surface area contributed by atoms with Gasteiger partial charge in [-0.05, 0) is 23.1 Å². The number of ether oxygens (including phenoxy) is 1. The van der Waals surface area contributed by atoms with Gasteiger partial charge in [-0.25, -0.2) is 4.79 Å². The van der Waals surface area contributed by atoms with E-state index < -0.39 is 11.5 Å². The number of hydrogen-bond acceptors (Lipinski definition) is 4. The Morgan fingerprint density at radius 1 is 0.781 bits per heavy atom. The summed E-state index contributed by atoms with van der Waals surface area (Å²) >= 11 is 0. The summed E-state index contributed by atoms with van der Waals surface area (Å²) < 4.78 is 5.14. The quantitative estimate of drug-likeness (QED) is 0.458. The van der Waals surface area contributed by atoms with Crippen LogP contribution < -0.4 is 10.6 Å². The first-order chi connectivity index (χ1) is 15.6. The molecular weight excluding hydrogens is 404 g/mol. The van der Waals surface area contributed by atoms with E-state index in [0.29, 0.717) is 6.42 Å². The van der Waals surface area contributed by atoms with Crippen molar-refractivity contribution in [2.75, 3.05) is 19.7 Å². The van der Waals surface area contributed by atoms with Crippen molar-refractivity contribution in [1.82, 2.24) is 10.6 Å². The highest BCUT2D eigenvalue weighted by atomic mass is 16.5. The van der Waals surface area contributed by atoms with Gasteiger partial charge in [0.05, 0.1) is 6.54 Å². The van der Waals surface area contributed by atoms with Crippen molar-refractivity contribution in [3.63, 3.8) is 0 Å².